The van der Waals surface area contributed by atoms with E-state index in [1.54, 1.807) is 0 Å². The standard InChI is InChI=1S/C32H32N4O4/c37-31(39-21-23-8-3-1-4-9-23)19-27-14-16-29(35-33-27)25-12-7-13-26(18-25)30-17-15-28(34-36-30)20-32(38)40-22-24-10-5-2-6-11-24/h1-6,8-11,14-17,25-26H,7,12-13,18-22H2/t25-,26+. The Morgan fingerprint density at radius 1 is 0.600 bits per heavy atom. The highest BCUT2D eigenvalue weighted by Crippen LogP contribution is 2.39. The van der Waals surface area contributed by atoms with Crippen molar-refractivity contribution in [1.29, 1.82) is 0 Å². The second kappa shape index (κ2) is 13.6. The summed E-state index contributed by atoms with van der Waals surface area (Å²) >= 11 is 0. The zero-order valence-electron chi connectivity index (χ0n) is 22.3. The first kappa shape index (κ1) is 27.1. The van der Waals surface area contributed by atoms with Crippen LogP contribution in [-0.4, -0.2) is 32.3 Å². The van der Waals surface area contributed by atoms with Gasteiger partial charge in [-0.1, -0.05) is 67.1 Å². The van der Waals surface area contributed by atoms with Crippen LogP contribution in [0.4, 0.5) is 0 Å². The third-order valence-electron chi connectivity index (χ3n) is 7.13. The molecule has 4 aromatic rings. The van der Waals surface area contributed by atoms with Crippen LogP contribution in [0, 0.1) is 0 Å². The van der Waals surface area contributed by atoms with Gasteiger partial charge in [-0.3, -0.25) is 9.59 Å². The molecule has 8 heteroatoms. The summed E-state index contributed by atoms with van der Waals surface area (Å²) in [5, 5.41) is 17.5. The summed E-state index contributed by atoms with van der Waals surface area (Å²) in [5.74, 6) is -0.121. The zero-order chi connectivity index (χ0) is 27.6. The fourth-order valence-corrected chi connectivity index (χ4v) is 4.97. The molecule has 0 unspecified atom stereocenters. The minimum Gasteiger partial charge on any atom is -0.461 e. The summed E-state index contributed by atoms with van der Waals surface area (Å²) in [6.45, 7) is 0.494. The predicted octanol–water partition coefficient (Wildman–Crippen LogP) is 5.28. The number of benzene rings is 2. The molecular weight excluding hydrogens is 504 g/mol. The molecular formula is C32H32N4O4. The molecule has 5 rings (SSSR count). The second-order valence-electron chi connectivity index (χ2n) is 10.1. The van der Waals surface area contributed by atoms with Crippen molar-refractivity contribution >= 4 is 11.9 Å². The van der Waals surface area contributed by atoms with Gasteiger partial charge in [0.25, 0.3) is 0 Å². The number of carbonyl (C=O) groups excluding carboxylic acids is 2. The predicted molar refractivity (Wildman–Crippen MR) is 148 cm³/mol. The third-order valence-corrected chi connectivity index (χ3v) is 7.13. The van der Waals surface area contributed by atoms with Crippen LogP contribution < -0.4 is 0 Å². The number of carbonyl (C=O) groups is 2. The molecule has 2 heterocycles. The lowest BCUT2D eigenvalue weighted by Gasteiger charge is -2.28. The van der Waals surface area contributed by atoms with Crippen molar-refractivity contribution in [2.75, 3.05) is 0 Å². The molecule has 204 valence electrons. The Kier molecular flexibility index (Phi) is 9.19. The zero-order valence-corrected chi connectivity index (χ0v) is 22.3. The first-order chi connectivity index (χ1) is 19.6. The van der Waals surface area contributed by atoms with Gasteiger partial charge in [0.05, 0.1) is 35.6 Å². The number of aromatic nitrogens is 4. The highest BCUT2D eigenvalue weighted by Gasteiger charge is 2.27. The van der Waals surface area contributed by atoms with Crippen LogP contribution in [0.15, 0.2) is 84.9 Å². The third kappa shape index (κ3) is 7.79. The van der Waals surface area contributed by atoms with Crippen molar-refractivity contribution in [1.82, 2.24) is 20.4 Å². The summed E-state index contributed by atoms with van der Waals surface area (Å²) in [6, 6.07) is 26.8. The van der Waals surface area contributed by atoms with E-state index >= 15 is 0 Å². The molecule has 0 aliphatic heterocycles. The van der Waals surface area contributed by atoms with Gasteiger partial charge in [0.1, 0.15) is 13.2 Å². The average molecular weight is 537 g/mol. The molecule has 0 N–H and O–H groups in total. The molecule has 1 saturated carbocycles. The van der Waals surface area contributed by atoms with E-state index in [-0.39, 0.29) is 49.8 Å². The fourth-order valence-electron chi connectivity index (χ4n) is 4.97. The molecule has 0 spiro atoms. The van der Waals surface area contributed by atoms with Crippen LogP contribution in [0.1, 0.15) is 71.4 Å². The van der Waals surface area contributed by atoms with Crippen LogP contribution in [0.25, 0.3) is 0 Å². The molecule has 2 aromatic carbocycles. The number of rotatable bonds is 10. The van der Waals surface area contributed by atoms with Gasteiger partial charge >= 0.3 is 11.9 Å². The normalized spacial score (nSPS) is 16.7. The Balaban J connectivity index is 1.10. The first-order valence-electron chi connectivity index (χ1n) is 13.7. The van der Waals surface area contributed by atoms with Gasteiger partial charge in [-0.15, -0.1) is 0 Å². The molecule has 2 aromatic heterocycles. The fraction of sp³-hybridized carbons (Fsp3) is 0.312. The van der Waals surface area contributed by atoms with Crippen molar-refractivity contribution in [3.05, 3.63) is 119 Å². The Labute approximate surface area is 233 Å². The maximum atomic E-state index is 12.2. The van der Waals surface area contributed by atoms with E-state index in [9.17, 15) is 9.59 Å². The van der Waals surface area contributed by atoms with E-state index in [4.69, 9.17) is 9.47 Å². The van der Waals surface area contributed by atoms with Crippen LogP contribution in [-0.2, 0) is 45.1 Å². The molecule has 1 fully saturated rings. The highest BCUT2D eigenvalue weighted by atomic mass is 16.5. The average Bonchev–Trinajstić information content (AvgIpc) is 3.01. The van der Waals surface area contributed by atoms with E-state index in [1.807, 2.05) is 84.9 Å². The first-order valence-corrected chi connectivity index (χ1v) is 13.7. The number of esters is 2. The smallest absolute Gasteiger partial charge is 0.312 e. The van der Waals surface area contributed by atoms with Gasteiger partial charge in [0.2, 0.25) is 0 Å². The molecule has 40 heavy (non-hydrogen) atoms. The summed E-state index contributed by atoms with van der Waals surface area (Å²) in [5.41, 5.74) is 4.94. The lowest BCUT2D eigenvalue weighted by Crippen LogP contribution is -2.17. The Bertz CT molecular complexity index is 1270. The number of hydrogen-bond donors (Lipinski definition) is 0. The van der Waals surface area contributed by atoms with Gasteiger partial charge in [0, 0.05) is 11.8 Å². The quantitative estimate of drug-likeness (QED) is 0.252. The number of ether oxygens (including phenoxy) is 2. The monoisotopic (exact) mass is 536 g/mol. The lowest BCUT2D eigenvalue weighted by atomic mass is 9.78. The minimum atomic E-state index is -0.324. The van der Waals surface area contributed by atoms with Crippen LogP contribution in [0.3, 0.4) is 0 Å². The SMILES string of the molecule is O=C(Cc1ccc([C@@H]2CCC[C@H](c3ccc(CC(=O)OCc4ccccc4)nn3)C2)nn1)OCc1ccccc1. The Morgan fingerprint density at radius 3 is 1.45 bits per heavy atom. The molecule has 0 amide bonds. The maximum Gasteiger partial charge on any atom is 0.312 e. The molecule has 2 atom stereocenters. The second-order valence-corrected chi connectivity index (χ2v) is 10.1. The Morgan fingerprint density at radius 2 is 1.05 bits per heavy atom. The largest absolute Gasteiger partial charge is 0.461 e. The summed E-state index contributed by atoms with van der Waals surface area (Å²) < 4.78 is 10.7. The highest BCUT2D eigenvalue weighted by molar-refractivity contribution is 5.72. The van der Waals surface area contributed by atoms with E-state index < -0.39 is 0 Å². The van der Waals surface area contributed by atoms with E-state index in [1.165, 1.54) is 0 Å². The van der Waals surface area contributed by atoms with Gasteiger partial charge in [-0.05, 0) is 54.7 Å². The molecule has 0 radical (unpaired) electrons. The molecule has 1 aliphatic carbocycles. The summed E-state index contributed by atoms with van der Waals surface area (Å²) in [7, 11) is 0. The van der Waals surface area contributed by atoms with Gasteiger partial charge in [-0.25, -0.2) is 0 Å². The van der Waals surface area contributed by atoms with Gasteiger partial charge in [0.15, 0.2) is 0 Å². The number of nitrogens with zero attached hydrogens (tertiary/aromatic N) is 4. The summed E-state index contributed by atoms with van der Waals surface area (Å²) in [4.78, 5) is 24.4. The number of hydrogen-bond acceptors (Lipinski definition) is 8. The van der Waals surface area contributed by atoms with Gasteiger partial charge < -0.3 is 9.47 Å². The van der Waals surface area contributed by atoms with Crippen LogP contribution >= 0.6 is 0 Å². The lowest BCUT2D eigenvalue weighted by molar-refractivity contribution is -0.145. The topological polar surface area (TPSA) is 104 Å². The minimum absolute atomic E-state index is 0.0924. The van der Waals surface area contributed by atoms with Gasteiger partial charge in [-0.2, -0.15) is 20.4 Å². The molecule has 0 bridgehead atoms. The van der Waals surface area contributed by atoms with E-state index in [2.05, 4.69) is 20.4 Å². The van der Waals surface area contributed by atoms with E-state index in [0.29, 0.717) is 11.4 Å². The van der Waals surface area contributed by atoms with Crippen molar-refractivity contribution in [2.24, 2.45) is 0 Å². The molecule has 8 nitrogen and oxygen atoms in total. The Hall–Kier alpha value is -4.46. The van der Waals surface area contributed by atoms with E-state index in [0.717, 1.165) is 48.2 Å². The van der Waals surface area contributed by atoms with Crippen molar-refractivity contribution in [3.8, 4) is 0 Å². The maximum absolute atomic E-state index is 12.2. The van der Waals surface area contributed by atoms with Crippen molar-refractivity contribution in [3.63, 3.8) is 0 Å². The van der Waals surface area contributed by atoms with Crippen molar-refractivity contribution in [2.45, 2.75) is 63.6 Å². The van der Waals surface area contributed by atoms with Crippen LogP contribution in [0.5, 0.6) is 0 Å². The molecule has 0 saturated heterocycles. The van der Waals surface area contributed by atoms with Crippen molar-refractivity contribution < 1.29 is 19.1 Å². The molecule has 1 aliphatic rings. The summed E-state index contributed by atoms with van der Waals surface area (Å²) in [6.07, 6.45) is 4.20. The van der Waals surface area contributed by atoms with Crippen LogP contribution in [0.2, 0.25) is 0 Å².